The topological polar surface area (TPSA) is 63.2 Å². The third kappa shape index (κ3) is 2.78. The highest BCUT2D eigenvalue weighted by atomic mass is 32.2. The zero-order chi connectivity index (χ0) is 11.8. The second kappa shape index (κ2) is 4.31. The lowest BCUT2D eigenvalue weighted by Gasteiger charge is -2.33. The molecule has 4 nitrogen and oxygen atoms in total. The summed E-state index contributed by atoms with van der Waals surface area (Å²) in [6.07, 6.45) is 2.32. The van der Waals surface area contributed by atoms with Crippen molar-refractivity contribution in [1.29, 1.82) is 0 Å². The normalized spacial score (nSPS) is 31.7. The molecule has 1 N–H and O–H groups in total. The summed E-state index contributed by atoms with van der Waals surface area (Å²) in [6, 6.07) is 0. The average molecular weight is 263 g/mol. The van der Waals surface area contributed by atoms with E-state index in [9.17, 15) is 13.2 Å². The molecule has 2 heterocycles. The van der Waals surface area contributed by atoms with Crippen LogP contribution in [0.2, 0.25) is 0 Å². The van der Waals surface area contributed by atoms with Crippen LogP contribution in [0, 0.1) is 0 Å². The number of carbonyl (C=O) groups excluding carboxylic acids is 1. The highest BCUT2D eigenvalue weighted by Gasteiger charge is 2.43. The summed E-state index contributed by atoms with van der Waals surface area (Å²) in [5.41, 5.74) is -0.0154. The van der Waals surface area contributed by atoms with Gasteiger partial charge in [0.2, 0.25) is 0 Å². The van der Waals surface area contributed by atoms with Gasteiger partial charge >= 0.3 is 0 Å². The maximum Gasteiger partial charge on any atom is 0.186 e. The van der Waals surface area contributed by atoms with Gasteiger partial charge in [-0.25, -0.2) is 8.42 Å². The van der Waals surface area contributed by atoms with Crippen molar-refractivity contribution >= 4 is 26.7 Å². The van der Waals surface area contributed by atoms with Crippen molar-refractivity contribution in [2.45, 2.75) is 37.0 Å². The van der Waals surface area contributed by atoms with Gasteiger partial charge < -0.3 is 5.32 Å². The van der Waals surface area contributed by atoms with Gasteiger partial charge in [-0.2, -0.15) is 0 Å². The molecule has 1 unspecified atom stereocenters. The largest absolute Gasteiger partial charge is 0.310 e. The molecule has 2 fully saturated rings. The van der Waals surface area contributed by atoms with Crippen molar-refractivity contribution in [1.82, 2.24) is 5.32 Å². The molecule has 2 aliphatic rings. The van der Waals surface area contributed by atoms with Crippen LogP contribution in [0.4, 0.5) is 0 Å². The van der Waals surface area contributed by atoms with Gasteiger partial charge in [0.05, 0.1) is 11.5 Å². The van der Waals surface area contributed by atoms with Crippen molar-refractivity contribution in [3.63, 3.8) is 0 Å². The van der Waals surface area contributed by atoms with Crippen LogP contribution in [0.15, 0.2) is 0 Å². The maximum atomic E-state index is 11.4. The van der Waals surface area contributed by atoms with E-state index in [2.05, 4.69) is 5.32 Å². The van der Waals surface area contributed by atoms with E-state index in [1.165, 1.54) is 11.8 Å². The molecule has 0 amide bonds. The van der Waals surface area contributed by atoms with Gasteiger partial charge in [-0.3, -0.25) is 4.79 Å². The molecule has 0 saturated carbocycles. The third-order valence-corrected chi connectivity index (χ3v) is 6.09. The molecule has 0 bridgehead atoms. The maximum absolute atomic E-state index is 11.4. The first-order valence-corrected chi connectivity index (χ1v) is 8.24. The fraction of sp³-hybridized carbons (Fsp3) is 0.900. The van der Waals surface area contributed by atoms with E-state index in [1.807, 2.05) is 0 Å². The summed E-state index contributed by atoms with van der Waals surface area (Å²) >= 11 is 1.38. The van der Waals surface area contributed by atoms with Crippen molar-refractivity contribution < 1.29 is 13.2 Å². The Balaban J connectivity index is 1.95. The SMILES string of the molecule is CC(=O)SC1CNC2(CCS(=O)(=O)CC2)C1. The summed E-state index contributed by atoms with van der Waals surface area (Å²) < 4.78 is 22.7. The van der Waals surface area contributed by atoms with Gasteiger partial charge in [-0.05, 0) is 19.3 Å². The summed E-state index contributed by atoms with van der Waals surface area (Å²) in [7, 11) is -2.80. The Morgan fingerprint density at radius 1 is 1.38 bits per heavy atom. The van der Waals surface area contributed by atoms with Gasteiger partial charge in [0.1, 0.15) is 9.84 Å². The Labute approximate surface area is 100 Å². The predicted molar refractivity (Wildman–Crippen MR) is 65.3 cm³/mol. The van der Waals surface area contributed by atoms with Gasteiger partial charge in [-0.15, -0.1) is 0 Å². The van der Waals surface area contributed by atoms with E-state index in [4.69, 9.17) is 0 Å². The predicted octanol–water partition coefficient (Wildman–Crippen LogP) is 0.575. The Hall–Kier alpha value is -0.0700. The zero-order valence-electron chi connectivity index (χ0n) is 9.36. The second-order valence-corrected chi connectivity index (χ2v) is 8.53. The molecule has 0 aromatic carbocycles. The van der Waals surface area contributed by atoms with Crippen LogP contribution in [0.1, 0.15) is 26.2 Å². The number of sulfone groups is 1. The van der Waals surface area contributed by atoms with Crippen LogP contribution < -0.4 is 5.32 Å². The first kappa shape index (κ1) is 12.4. The quantitative estimate of drug-likeness (QED) is 0.749. The lowest BCUT2D eigenvalue weighted by molar-refractivity contribution is -0.109. The molecule has 0 radical (unpaired) electrons. The van der Waals surface area contributed by atoms with Crippen LogP contribution in [0.25, 0.3) is 0 Å². The van der Waals surface area contributed by atoms with E-state index in [-0.39, 0.29) is 22.2 Å². The molecule has 2 saturated heterocycles. The summed E-state index contributed by atoms with van der Waals surface area (Å²) in [5.74, 6) is 0.578. The fourth-order valence-electron chi connectivity index (χ4n) is 2.54. The van der Waals surface area contributed by atoms with E-state index in [0.29, 0.717) is 18.1 Å². The summed E-state index contributed by atoms with van der Waals surface area (Å²) in [4.78, 5) is 11.0. The Kier molecular flexibility index (Phi) is 3.34. The Bertz CT molecular complexity index is 377. The van der Waals surface area contributed by atoms with Crippen LogP contribution >= 0.6 is 11.8 Å². The Morgan fingerprint density at radius 3 is 2.56 bits per heavy atom. The lowest BCUT2D eigenvalue weighted by atomic mass is 9.91. The van der Waals surface area contributed by atoms with Crippen molar-refractivity contribution in [2.75, 3.05) is 18.1 Å². The first-order valence-electron chi connectivity index (χ1n) is 5.54. The molecule has 92 valence electrons. The van der Waals surface area contributed by atoms with E-state index < -0.39 is 9.84 Å². The minimum Gasteiger partial charge on any atom is -0.310 e. The molecule has 16 heavy (non-hydrogen) atoms. The molecule has 1 spiro atoms. The molecule has 6 heteroatoms. The van der Waals surface area contributed by atoms with Crippen LogP contribution in [-0.2, 0) is 14.6 Å². The molecule has 0 aromatic heterocycles. The molecular formula is C10H17NO3S2. The Morgan fingerprint density at radius 2 is 2.00 bits per heavy atom. The number of carbonyl (C=O) groups is 1. The van der Waals surface area contributed by atoms with Crippen molar-refractivity contribution in [2.24, 2.45) is 0 Å². The number of hydrogen-bond donors (Lipinski definition) is 1. The van der Waals surface area contributed by atoms with Gasteiger partial charge in [-0.1, -0.05) is 11.8 Å². The number of thioether (sulfide) groups is 1. The number of hydrogen-bond acceptors (Lipinski definition) is 5. The first-order chi connectivity index (χ1) is 7.41. The van der Waals surface area contributed by atoms with Crippen molar-refractivity contribution in [3.8, 4) is 0 Å². The number of nitrogens with one attached hydrogen (secondary N) is 1. The van der Waals surface area contributed by atoms with E-state index in [1.54, 1.807) is 6.92 Å². The minimum absolute atomic E-state index is 0.0154. The smallest absolute Gasteiger partial charge is 0.186 e. The molecule has 1 atom stereocenters. The molecular weight excluding hydrogens is 246 g/mol. The average Bonchev–Trinajstić information content (AvgIpc) is 2.55. The van der Waals surface area contributed by atoms with Gasteiger partial charge in [0.15, 0.2) is 5.12 Å². The van der Waals surface area contributed by atoms with Crippen LogP contribution in [0.5, 0.6) is 0 Å². The van der Waals surface area contributed by atoms with E-state index in [0.717, 1.165) is 13.0 Å². The molecule has 0 aromatic rings. The summed E-state index contributed by atoms with van der Waals surface area (Å²) in [5, 5.41) is 3.89. The van der Waals surface area contributed by atoms with E-state index >= 15 is 0 Å². The van der Waals surface area contributed by atoms with Gasteiger partial charge in [0.25, 0.3) is 0 Å². The van der Waals surface area contributed by atoms with Gasteiger partial charge in [0, 0.05) is 24.3 Å². The van der Waals surface area contributed by atoms with Crippen LogP contribution in [0.3, 0.4) is 0 Å². The fourth-order valence-corrected chi connectivity index (χ4v) is 5.18. The molecule has 2 rings (SSSR count). The monoisotopic (exact) mass is 263 g/mol. The number of rotatable bonds is 1. The summed E-state index contributed by atoms with van der Waals surface area (Å²) in [6.45, 7) is 2.41. The van der Waals surface area contributed by atoms with Crippen molar-refractivity contribution in [3.05, 3.63) is 0 Å². The molecule has 2 aliphatic heterocycles. The standard InChI is InChI=1S/C10H17NO3S2/c1-8(12)15-9-6-10(11-7-9)2-4-16(13,14)5-3-10/h9,11H,2-7H2,1H3. The molecule has 0 aliphatic carbocycles. The van der Waals surface area contributed by atoms with Crippen LogP contribution in [-0.4, -0.2) is 42.4 Å². The second-order valence-electron chi connectivity index (χ2n) is 4.75. The highest BCUT2D eigenvalue weighted by molar-refractivity contribution is 8.14. The lowest BCUT2D eigenvalue weighted by Crippen LogP contribution is -2.46. The minimum atomic E-state index is -2.80. The third-order valence-electron chi connectivity index (χ3n) is 3.44. The zero-order valence-corrected chi connectivity index (χ0v) is 11.0. The highest BCUT2D eigenvalue weighted by Crippen LogP contribution is 2.36.